The molecule has 0 saturated heterocycles. The van der Waals surface area contributed by atoms with E-state index in [1.165, 1.54) is 38.5 Å². The molecule has 2 fully saturated rings. The second kappa shape index (κ2) is 4.04. The molecule has 0 N–H and O–H groups in total. The SMILES string of the molecule is C=CC1CCC2CC(Cl)CCC2C1. The molecule has 0 heterocycles. The summed E-state index contributed by atoms with van der Waals surface area (Å²) in [6.45, 7) is 3.91. The molecule has 2 aliphatic rings. The molecule has 0 bridgehead atoms. The van der Waals surface area contributed by atoms with Crippen LogP contribution in [0.25, 0.3) is 0 Å². The predicted molar refractivity (Wildman–Crippen MR) is 58.0 cm³/mol. The van der Waals surface area contributed by atoms with Crippen LogP contribution in [0.5, 0.6) is 0 Å². The van der Waals surface area contributed by atoms with Gasteiger partial charge in [0.25, 0.3) is 0 Å². The molecule has 4 atom stereocenters. The molecule has 0 amide bonds. The topological polar surface area (TPSA) is 0 Å². The van der Waals surface area contributed by atoms with Gasteiger partial charge in [0.05, 0.1) is 0 Å². The molecule has 0 aromatic rings. The number of fused-ring (bicyclic) bond motifs is 1. The maximum Gasteiger partial charge on any atom is 0.0338 e. The lowest BCUT2D eigenvalue weighted by Gasteiger charge is -2.40. The summed E-state index contributed by atoms with van der Waals surface area (Å²) in [6, 6.07) is 0. The Hall–Kier alpha value is 0.0300. The van der Waals surface area contributed by atoms with E-state index in [9.17, 15) is 0 Å². The van der Waals surface area contributed by atoms with E-state index in [0.29, 0.717) is 5.38 Å². The van der Waals surface area contributed by atoms with Crippen molar-refractivity contribution in [3.63, 3.8) is 0 Å². The van der Waals surface area contributed by atoms with Crippen molar-refractivity contribution in [2.24, 2.45) is 17.8 Å². The standard InChI is InChI=1S/C12H19Cl/c1-2-9-3-4-11-8-12(13)6-5-10(11)7-9/h2,9-12H,1,3-8H2. The van der Waals surface area contributed by atoms with E-state index in [1.54, 1.807) is 0 Å². The third kappa shape index (κ3) is 2.10. The van der Waals surface area contributed by atoms with Crippen molar-refractivity contribution < 1.29 is 0 Å². The van der Waals surface area contributed by atoms with Crippen LogP contribution >= 0.6 is 11.6 Å². The molecule has 0 nitrogen and oxygen atoms in total. The smallest absolute Gasteiger partial charge is 0.0338 e. The highest BCUT2D eigenvalue weighted by Gasteiger charge is 2.33. The van der Waals surface area contributed by atoms with Crippen LogP contribution in [-0.2, 0) is 0 Å². The van der Waals surface area contributed by atoms with E-state index in [1.807, 2.05) is 0 Å². The number of halogens is 1. The fraction of sp³-hybridized carbons (Fsp3) is 0.833. The van der Waals surface area contributed by atoms with Crippen molar-refractivity contribution in [2.45, 2.75) is 43.9 Å². The molecule has 0 spiro atoms. The number of rotatable bonds is 1. The summed E-state index contributed by atoms with van der Waals surface area (Å²) in [6.07, 6.45) is 10.2. The van der Waals surface area contributed by atoms with Crippen molar-refractivity contribution >= 4 is 11.6 Å². The molecule has 2 saturated carbocycles. The maximum absolute atomic E-state index is 6.19. The largest absolute Gasteiger partial charge is 0.123 e. The van der Waals surface area contributed by atoms with Gasteiger partial charge in [0.15, 0.2) is 0 Å². The van der Waals surface area contributed by atoms with E-state index in [0.717, 1.165) is 17.8 Å². The number of allylic oxidation sites excluding steroid dienone is 1. The Bertz CT molecular complexity index is 188. The van der Waals surface area contributed by atoms with Crippen LogP contribution in [0.4, 0.5) is 0 Å². The molecule has 13 heavy (non-hydrogen) atoms. The van der Waals surface area contributed by atoms with E-state index in [2.05, 4.69) is 12.7 Å². The quantitative estimate of drug-likeness (QED) is 0.442. The lowest BCUT2D eigenvalue weighted by atomic mass is 9.67. The summed E-state index contributed by atoms with van der Waals surface area (Å²) in [4.78, 5) is 0. The van der Waals surface area contributed by atoms with Crippen LogP contribution in [0.15, 0.2) is 12.7 Å². The zero-order valence-electron chi connectivity index (χ0n) is 8.21. The van der Waals surface area contributed by atoms with E-state index < -0.39 is 0 Å². The highest BCUT2D eigenvalue weighted by atomic mass is 35.5. The fourth-order valence-corrected chi connectivity index (χ4v) is 3.44. The molecule has 74 valence electrons. The molecule has 4 unspecified atom stereocenters. The number of alkyl halides is 1. The highest BCUT2D eigenvalue weighted by molar-refractivity contribution is 6.20. The van der Waals surface area contributed by atoms with E-state index in [4.69, 9.17) is 11.6 Å². The first-order valence-corrected chi connectivity index (χ1v) is 6.00. The van der Waals surface area contributed by atoms with Gasteiger partial charge in [-0.05, 0) is 56.3 Å². The summed E-state index contributed by atoms with van der Waals surface area (Å²) in [5.74, 6) is 2.70. The van der Waals surface area contributed by atoms with Gasteiger partial charge in [-0.15, -0.1) is 18.2 Å². The minimum atomic E-state index is 0.474. The zero-order valence-corrected chi connectivity index (χ0v) is 8.97. The number of hydrogen-bond donors (Lipinski definition) is 0. The molecule has 1 heteroatoms. The average Bonchev–Trinajstić information content (AvgIpc) is 2.17. The Labute approximate surface area is 86.4 Å². The lowest BCUT2D eigenvalue weighted by Crippen LogP contribution is -2.30. The molecule has 0 radical (unpaired) electrons. The Kier molecular flexibility index (Phi) is 2.98. The Balaban J connectivity index is 1.94. The third-order valence-corrected chi connectivity index (χ3v) is 4.32. The van der Waals surface area contributed by atoms with Crippen LogP contribution in [0.2, 0.25) is 0 Å². The van der Waals surface area contributed by atoms with Crippen LogP contribution in [0.3, 0.4) is 0 Å². The van der Waals surface area contributed by atoms with Gasteiger partial charge in [-0.1, -0.05) is 6.08 Å². The van der Waals surface area contributed by atoms with Crippen molar-refractivity contribution in [2.75, 3.05) is 0 Å². The predicted octanol–water partition coefficient (Wildman–Crippen LogP) is 4.00. The second-order valence-electron chi connectivity index (χ2n) is 4.74. The van der Waals surface area contributed by atoms with Crippen LogP contribution in [0, 0.1) is 17.8 Å². The summed E-state index contributed by atoms with van der Waals surface area (Å²) in [7, 11) is 0. The molecular weight excluding hydrogens is 180 g/mol. The minimum Gasteiger partial charge on any atom is -0.123 e. The summed E-state index contributed by atoms with van der Waals surface area (Å²) in [5.41, 5.74) is 0. The molecule has 0 aliphatic heterocycles. The fourth-order valence-electron chi connectivity index (χ4n) is 3.08. The first-order valence-electron chi connectivity index (χ1n) is 5.56. The second-order valence-corrected chi connectivity index (χ2v) is 5.36. The monoisotopic (exact) mass is 198 g/mol. The maximum atomic E-state index is 6.19. The highest BCUT2D eigenvalue weighted by Crippen LogP contribution is 2.44. The van der Waals surface area contributed by atoms with Gasteiger partial charge >= 0.3 is 0 Å². The Morgan fingerprint density at radius 1 is 1.00 bits per heavy atom. The summed E-state index contributed by atoms with van der Waals surface area (Å²) < 4.78 is 0. The summed E-state index contributed by atoms with van der Waals surface area (Å²) in [5, 5.41) is 0.474. The van der Waals surface area contributed by atoms with Gasteiger partial charge in [0, 0.05) is 5.38 Å². The zero-order chi connectivity index (χ0) is 9.26. The van der Waals surface area contributed by atoms with Crippen LogP contribution < -0.4 is 0 Å². The lowest BCUT2D eigenvalue weighted by molar-refractivity contribution is 0.149. The molecule has 2 rings (SSSR count). The molecule has 0 aromatic heterocycles. The van der Waals surface area contributed by atoms with Crippen molar-refractivity contribution in [1.29, 1.82) is 0 Å². The Morgan fingerprint density at radius 2 is 1.69 bits per heavy atom. The molecule has 0 aromatic carbocycles. The van der Waals surface area contributed by atoms with Crippen molar-refractivity contribution in [3.8, 4) is 0 Å². The summed E-state index contributed by atoms with van der Waals surface area (Å²) >= 11 is 6.19. The molecular formula is C12H19Cl. The van der Waals surface area contributed by atoms with Gasteiger partial charge in [-0.3, -0.25) is 0 Å². The van der Waals surface area contributed by atoms with Gasteiger partial charge < -0.3 is 0 Å². The average molecular weight is 199 g/mol. The van der Waals surface area contributed by atoms with Crippen LogP contribution in [-0.4, -0.2) is 5.38 Å². The minimum absolute atomic E-state index is 0.474. The van der Waals surface area contributed by atoms with Crippen molar-refractivity contribution in [1.82, 2.24) is 0 Å². The number of hydrogen-bond acceptors (Lipinski definition) is 0. The van der Waals surface area contributed by atoms with Gasteiger partial charge in [-0.2, -0.15) is 0 Å². The van der Waals surface area contributed by atoms with Gasteiger partial charge in [0.1, 0.15) is 0 Å². The van der Waals surface area contributed by atoms with E-state index in [-0.39, 0.29) is 0 Å². The normalized spacial score (nSPS) is 45.3. The van der Waals surface area contributed by atoms with E-state index >= 15 is 0 Å². The first-order chi connectivity index (χ1) is 6.29. The van der Waals surface area contributed by atoms with Gasteiger partial charge in [0.2, 0.25) is 0 Å². The van der Waals surface area contributed by atoms with Crippen molar-refractivity contribution in [3.05, 3.63) is 12.7 Å². The Morgan fingerprint density at radius 3 is 2.46 bits per heavy atom. The first kappa shape index (κ1) is 9.58. The third-order valence-electron chi connectivity index (χ3n) is 3.92. The van der Waals surface area contributed by atoms with Gasteiger partial charge in [-0.25, -0.2) is 0 Å². The molecule has 2 aliphatic carbocycles. The van der Waals surface area contributed by atoms with Crippen LogP contribution in [0.1, 0.15) is 38.5 Å².